The summed E-state index contributed by atoms with van der Waals surface area (Å²) >= 11 is 0. The summed E-state index contributed by atoms with van der Waals surface area (Å²) in [5, 5.41) is 10.2. The molecule has 0 aromatic rings. The average Bonchev–Trinajstić information content (AvgIpc) is 2.85. The summed E-state index contributed by atoms with van der Waals surface area (Å²) in [6.45, 7) is 5.92. The van der Waals surface area contributed by atoms with E-state index in [2.05, 4.69) is 5.32 Å². The van der Waals surface area contributed by atoms with E-state index < -0.39 is 5.54 Å². The zero-order valence-electron chi connectivity index (χ0n) is 8.55. The summed E-state index contributed by atoms with van der Waals surface area (Å²) in [7, 11) is 0. The van der Waals surface area contributed by atoms with E-state index in [1.165, 1.54) is 6.21 Å². The molecule has 0 spiro atoms. The first-order chi connectivity index (χ1) is 5.99. The van der Waals surface area contributed by atoms with Gasteiger partial charge in [-0.3, -0.25) is 4.79 Å². The number of hydrogen-bond donors (Lipinski definition) is 2. The van der Waals surface area contributed by atoms with Gasteiger partial charge in [-0.15, -0.1) is 0 Å². The molecule has 1 amide bonds. The van der Waals surface area contributed by atoms with Crippen LogP contribution in [0.15, 0.2) is 0 Å². The Balaban J connectivity index is 2.56. The zero-order chi connectivity index (χ0) is 10.1. The van der Waals surface area contributed by atoms with E-state index in [1.54, 1.807) is 0 Å². The molecule has 0 bridgehead atoms. The highest BCUT2D eigenvalue weighted by Gasteiger charge is 2.35. The van der Waals surface area contributed by atoms with Crippen LogP contribution in [-0.2, 0) is 4.79 Å². The molecule has 3 nitrogen and oxygen atoms in total. The van der Waals surface area contributed by atoms with Gasteiger partial charge in [0.2, 0.25) is 5.91 Å². The molecule has 1 aliphatic rings. The van der Waals surface area contributed by atoms with Crippen molar-refractivity contribution in [2.24, 2.45) is 11.8 Å². The highest BCUT2D eigenvalue weighted by Crippen LogP contribution is 2.30. The molecule has 1 atom stereocenters. The second-order valence-electron chi connectivity index (χ2n) is 4.35. The molecule has 2 N–H and O–H groups in total. The second-order valence-corrected chi connectivity index (χ2v) is 4.35. The quantitative estimate of drug-likeness (QED) is 0.637. The van der Waals surface area contributed by atoms with Gasteiger partial charge < -0.3 is 10.7 Å². The highest BCUT2D eigenvalue weighted by molar-refractivity contribution is 5.85. The maximum atomic E-state index is 11.5. The van der Waals surface area contributed by atoms with Gasteiger partial charge in [0.05, 0.1) is 5.54 Å². The van der Waals surface area contributed by atoms with E-state index in [1.807, 2.05) is 20.8 Å². The molecule has 13 heavy (non-hydrogen) atoms. The lowest BCUT2D eigenvalue weighted by Crippen LogP contribution is -2.51. The minimum Gasteiger partial charge on any atom is -0.345 e. The Kier molecular flexibility index (Phi) is 2.74. The molecule has 0 radical (unpaired) electrons. The summed E-state index contributed by atoms with van der Waals surface area (Å²) in [6.07, 6.45) is 3.36. The van der Waals surface area contributed by atoms with Gasteiger partial charge in [-0.1, -0.05) is 13.8 Å². The van der Waals surface area contributed by atoms with Crippen molar-refractivity contribution in [2.45, 2.75) is 39.2 Å². The van der Waals surface area contributed by atoms with Crippen molar-refractivity contribution in [3.8, 4) is 0 Å². The summed E-state index contributed by atoms with van der Waals surface area (Å²) in [5.41, 5.74) is -0.473. The van der Waals surface area contributed by atoms with E-state index in [4.69, 9.17) is 5.41 Å². The fourth-order valence-electron chi connectivity index (χ4n) is 1.06. The number of rotatable bonds is 4. The van der Waals surface area contributed by atoms with Crippen LogP contribution in [0.2, 0.25) is 0 Å². The van der Waals surface area contributed by atoms with Crippen LogP contribution in [0.25, 0.3) is 0 Å². The van der Waals surface area contributed by atoms with E-state index >= 15 is 0 Å². The van der Waals surface area contributed by atoms with Crippen molar-refractivity contribution < 1.29 is 4.79 Å². The van der Waals surface area contributed by atoms with Gasteiger partial charge in [0.1, 0.15) is 0 Å². The lowest BCUT2D eigenvalue weighted by atomic mass is 9.89. The maximum absolute atomic E-state index is 11.5. The third-order valence-corrected chi connectivity index (χ3v) is 2.84. The van der Waals surface area contributed by atoms with Crippen molar-refractivity contribution >= 4 is 12.1 Å². The van der Waals surface area contributed by atoms with Crippen molar-refractivity contribution in [3.05, 3.63) is 0 Å². The molecular formula is C10H18N2O. The Morgan fingerprint density at radius 1 is 1.62 bits per heavy atom. The van der Waals surface area contributed by atoms with Crippen molar-refractivity contribution in [1.29, 1.82) is 5.41 Å². The molecule has 74 valence electrons. The average molecular weight is 182 g/mol. The fourth-order valence-corrected chi connectivity index (χ4v) is 1.06. The molecule has 1 saturated carbocycles. The van der Waals surface area contributed by atoms with Crippen LogP contribution in [0.1, 0.15) is 33.6 Å². The van der Waals surface area contributed by atoms with E-state index in [0.717, 1.165) is 12.8 Å². The normalized spacial score (nSPS) is 20.9. The monoisotopic (exact) mass is 182 g/mol. The first-order valence-electron chi connectivity index (χ1n) is 4.83. The minimum atomic E-state index is -0.473. The third-order valence-electron chi connectivity index (χ3n) is 2.84. The van der Waals surface area contributed by atoms with Gasteiger partial charge >= 0.3 is 0 Å². The van der Waals surface area contributed by atoms with Gasteiger partial charge in [0.15, 0.2) is 0 Å². The smallest absolute Gasteiger partial charge is 0.223 e. The van der Waals surface area contributed by atoms with Crippen LogP contribution in [0.3, 0.4) is 0 Å². The maximum Gasteiger partial charge on any atom is 0.223 e. The number of carbonyl (C=O) groups excluding carboxylic acids is 1. The van der Waals surface area contributed by atoms with Crippen molar-refractivity contribution in [1.82, 2.24) is 5.32 Å². The topological polar surface area (TPSA) is 53.0 Å². The SMILES string of the molecule is CC(C)[C@](C)(C=N)NC(=O)C1CC1. The standard InChI is InChI=1S/C10H18N2O/c1-7(2)10(3,6-11)12-9(13)8-4-5-8/h6-8,11H,4-5H2,1-3H3,(H,12,13)/t10-/m0/s1. The summed E-state index contributed by atoms with van der Waals surface area (Å²) in [5.74, 6) is 0.588. The van der Waals surface area contributed by atoms with Crippen LogP contribution < -0.4 is 5.32 Å². The zero-order valence-corrected chi connectivity index (χ0v) is 8.55. The minimum absolute atomic E-state index is 0.111. The van der Waals surface area contributed by atoms with Crippen molar-refractivity contribution in [3.63, 3.8) is 0 Å². The fraction of sp³-hybridized carbons (Fsp3) is 0.800. The molecule has 0 heterocycles. The molecule has 1 rings (SSSR count). The summed E-state index contributed by atoms with van der Waals surface area (Å²) < 4.78 is 0. The lowest BCUT2D eigenvalue weighted by molar-refractivity contribution is -0.123. The van der Waals surface area contributed by atoms with Crippen LogP contribution >= 0.6 is 0 Å². The second kappa shape index (κ2) is 3.48. The van der Waals surface area contributed by atoms with Crippen LogP contribution in [0.4, 0.5) is 0 Å². The Morgan fingerprint density at radius 3 is 2.46 bits per heavy atom. The molecule has 0 saturated heterocycles. The van der Waals surface area contributed by atoms with Gasteiger partial charge in [0.25, 0.3) is 0 Å². The first kappa shape index (κ1) is 10.2. The summed E-state index contributed by atoms with van der Waals surface area (Å²) in [6, 6.07) is 0. The van der Waals surface area contributed by atoms with Crippen LogP contribution in [0, 0.1) is 17.2 Å². The molecular weight excluding hydrogens is 164 g/mol. The number of carbonyl (C=O) groups is 1. The largest absolute Gasteiger partial charge is 0.345 e. The van der Waals surface area contributed by atoms with E-state index in [9.17, 15) is 4.79 Å². The number of hydrogen-bond acceptors (Lipinski definition) is 2. The van der Waals surface area contributed by atoms with Gasteiger partial charge in [-0.05, 0) is 25.7 Å². The molecule has 1 aliphatic carbocycles. The third kappa shape index (κ3) is 2.29. The molecule has 0 unspecified atom stereocenters. The van der Waals surface area contributed by atoms with Crippen LogP contribution in [0.5, 0.6) is 0 Å². The molecule has 0 aromatic heterocycles. The Bertz CT molecular complexity index is 221. The number of amides is 1. The molecule has 0 aromatic carbocycles. The Morgan fingerprint density at radius 2 is 2.15 bits per heavy atom. The van der Waals surface area contributed by atoms with Gasteiger partial charge in [-0.2, -0.15) is 0 Å². The van der Waals surface area contributed by atoms with Gasteiger partial charge in [-0.25, -0.2) is 0 Å². The van der Waals surface area contributed by atoms with E-state index in [0.29, 0.717) is 0 Å². The Hall–Kier alpha value is -0.860. The highest BCUT2D eigenvalue weighted by atomic mass is 16.2. The first-order valence-corrected chi connectivity index (χ1v) is 4.83. The number of nitrogens with one attached hydrogen (secondary N) is 2. The molecule has 0 aliphatic heterocycles. The molecule has 3 heteroatoms. The van der Waals surface area contributed by atoms with Gasteiger partial charge in [0, 0.05) is 12.1 Å². The predicted octanol–water partition coefficient (Wildman–Crippen LogP) is 1.58. The molecule has 1 fully saturated rings. The predicted molar refractivity (Wildman–Crippen MR) is 52.9 cm³/mol. The summed E-state index contributed by atoms with van der Waals surface area (Å²) in [4.78, 5) is 11.5. The van der Waals surface area contributed by atoms with E-state index in [-0.39, 0.29) is 17.7 Å². The van der Waals surface area contributed by atoms with Crippen molar-refractivity contribution in [2.75, 3.05) is 0 Å². The Labute approximate surface area is 79.4 Å². The van der Waals surface area contributed by atoms with Crippen LogP contribution in [-0.4, -0.2) is 17.7 Å². The lowest BCUT2D eigenvalue weighted by Gasteiger charge is -2.30.